The molecule has 0 bridgehead atoms. The lowest BCUT2D eigenvalue weighted by molar-refractivity contribution is 0.0947. The minimum absolute atomic E-state index is 0.140. The second kappa shape index (κ2) is 8.64. The lowest BCUT2D eigenvalue weighted by Gasteiger charge is -2.10. The van der Waals surface area contributed by atoms with Crippen LogP contribution in [0.15, 0.2) is 47.1 Å². The van der Waals surface area contributed by atoms with E-state index in [0.29, 0.717) is 12.2 Å². The zero-order chi connectivity index (χ0) is 16.7. The van der Waals surface area contributed by atoms with Crippen LogP contribution >= 0.6 is 15.9 Å². The van der Waals surface area contributed by atoms with Crippen molar-refractivity contribution in [2.75, 3.05) is 32.5 Å². The van der Waals surface area contributed by atoms with Gasteiger partial charge in [-0.05, 0) is 63.5 Å². The summed E-state index contributed by atoms with van der Waals surface area (Å²) in [6.45, 7) is 1.60. The van der Waals surface area contributed by atoms with Crippen LogP contribution < -0.4 is 10.6 Å². The lowest BCUT2D eigenvalue weighted by Crippen LogP contribution is -2.27. The van der Waals surface area contributed by atoms with Crippen LogP contribution in [0, 0.1) is 0 Å². The summed E-state index contributed by atoms with van der Waals surface area (Å²) >= 11 is 3.40. The molecule has 1 heterocycles. The van der Waals surface area contributed by atoms with Crippen LogP contribution in [0.5, 0.6) is 0 Å². The van der Waals surface area contributed by atoms with Crippen LogP contribution in [0.25, 0.3) is 0 Å². The SMILES string of the molecule is CN(C)CCCNC(=O)c1ccc(Nc2ccc(Br)cc2)cn1. The van der Waals surface area contributed by atoms with Crippen molar-refractivity contribution in [2.24, 2.45) is 0 Å². The molecule has 0 spiro atoms. The quantitative estimate of drug-likeness (QED) is 0.728. The smallest absolute Gasteiger partial charge is 0.269 e. The van der Waals surface area contributed by atoms with Crippen LogP contribution in [0.1, 0.15) is 16.9 Å². The average Bonchev–Trinajstić information content (AvgIpc) is 2.54. The first-order chi connectivity index (χ1) is 11.0. The van der Waals surface area contributed by atoms with Gasteiger partial charge in [0.15, 0.2) is 0 Å². The van der Waals surface area contributed by atoms with Crippen LogP contribution in [0.4, 0.5) is 11.4 Å². The van der Waals surface area contributed by atoms with Gasteiger partial charge in [-0.15, -0.1) is 0 Å². The van der Waals surface area contributed by atoms with Crippen molar-refractivity contribution >= 4 is 33.2 Å². The number of anilines is 2. The van der Waals surface area contributed by atoms with Crippen molar-refractivity contribution < 1.29 is 4.79 Å². The van der Waals surface area contributed by atoms with Crippen LogP contribution in [-0.4, -0.2) is 43.0 Å². The molecule has 1 amide bonds. The Kier molecular flexibility index (Phi) is 6.55. The first-order valence-corrected chi connectivity index (χ1v) is 8.25. The van der Waals surface area contributed by atoms with Gasteiger partial charge in [0.05, 0.1) is 11.9 Å². The summed E-state index contributed by atoms with van der Waals surface area (Å²) in [4.78, 5) is 18.3. The Morgan fingerprint density at radius 3 is 2.43 bits per heavy atom. The molecule has 0 aliphatic carbocycles. The minimum Gasteiger partial charge on any atom is -0.354 e. The highest BCUT2D eigenvalue weighted by Crippen LogP contribution is 2.18. The zero-order valence-electron chi connectivity index (χ0n) is 13.3. The van der Waals surface area contributed by atoms with Crippen molar-refractivity contribution in [1.82, 2.24) is 15.2 Å². The zero-order valence-corrected chi connectivity index (χ0v) is 14.9. The van der Waals surface area contributed by atoms with E-state index in [1.807, 2.05) is 44.4 Å². The van der Waals surface area contributed by atoms with E-state index in [2.05, 4.69) is 36.4 Å². The Morgan fingerprint density at radius 1 is 1.13 bits per heavy atom. The average molecular weight is 377 g/mol. The number of pyridine rings is 1. The Balaban J connectivity index is 1.86. The van der Waals surface area contributed by atoms with Gasteiger partial charge >= 0.3 is 0 Å². The van der Waals surface area contributed by atoms with Crippen LogP contribution in [-0.2, 0) is 0 Å². The summed E-state index contributed by atoms with van der Waals surface area (Å²) in [5.74, 6) is -0.140. The van der Waals surface area contributed by atoms with Gasteiger partial charge in [0.2, 0.25) is 0 Å². The van der Waals surface area contributed by atoms with E-state index in [9.17, 15) is 4.79 Å². The summed E-state index contributed by atoms with van der Waals surface area (Å²) in [6.07, 6.45) is 2.58. The lowest BCUT2D eigenvalue weighted by atomic mass is 10.3. The normalized spacial score (nSPS) is 10.6. The maximum Gasteiger partial charge on any atom is 0.269 e. The van der Waals surface area contributed by atoms with Crippen LogP contribution in [0.3, 0.4) is 0 Å². The fourth-order valence-corrected chi connectivity index (χ4v) is 2.25. The highest BCUT2D eigenvalue weighted by atomic mass is 79.9. The molecule has 0 aliphatic rings. The van der Waals surface area contributed by atoms with Crippen molar-refractivity contribution in [3.63, 3.8) is 0 Å². The van der Waals surface area contributed by atoms with Gasteiger partial charge in [-0.25, -0.2) is 4.98 Å². The van der Waals surface area contributed by atoms with E-state index in [-0.39, 0.29) is 5.91 Å². The van der Waals surface area contributed by atoms with Gasteiger partial charge in [0.1, 0.15) is 5.69 Å². The van der Waals surface area contributed by atoms with E-state index in [1.165, 1.54) is 0 Å². The van der Waals surface area contributed by atoms with E-state index < -0.39 is 0 Å². The monoisotopic (exact) mass is 376 g/mol. The molecular weight excluding hydrogens is 356 g/mol. The van der Waals surface area contributed by atoms with Crippen LogP contribution in [0.2, 0.25) is 0 Å². The topological polar surface area (TPSA) is 57.3 Å². The molecule has 0 saturated heterocycles. The predicted molar refractivity (Wildman–Crippen MR) is 97.2 cm³/mol. The molecule has 0 unspecified atom stereocenters. The maximum absolute atomic E-state index is 12.0. The summed E-state index contributed by atoms with van der Waals surface area (Å²) in [6, 6.07) is 11.4. The molecule has 0 atom stereocenters. The molecule has 23 heavy (non-hydrogen) atoms. The fraction of sp³-hybridized carbons (Fsp3) is 0.294. The van der Waals surface area contributed by atoms with Crippen molar-refractivity contribution in [3.05, 3.63) is 52.8 Å². The molecule has 0 radical (unpaired) electrons. The molecule has 1 aromatic carbocycles. The molecule has 6 heteroatoms. The number of carbonyl (C=O) groups is 1. The van der Waals surface area contributed by atoms with Crippen molar-refractivity contribution in [2.45, 2.75) is 6.42 Å². The molecule has 2 aromatic rings. The number of nitrogens with one attached hydrogen (secondary N) is 2. The molecule has 122 valence electrons. The summed E-state index contributed by atoms with van der Waals surface area (Å²) < 4.78 is 1.03. The molecule has 2 rings (SSSR count). The molecule has 1 aromatic heterocycles. The number of amides is 1. The molecule has 0 aliphatic heterocycles. The van der Waals surface area contributed by atoms with Gasteiger partial charge in [-0.2, -0.15) is 0 Å². The Labute approximate surface area is 145 Å². The van der Waals surface area contributed by atoms with E-state index in [0.717, 1.165) is 28.8 Å². The van der Waals surface area contributed by atoms with Gasteiger partial charge in [0, 0.05) is 16.7 Å². The number of hydrogen-bond donors (Lipinski definition) is 2. The van der Waals surface area contributed by atoms with E-state index >= 15 is 0 Å². The molecule has 2 N–H and O–H groups in total. The first kappa shape index (κ1) is 17.4. The maximum atomic E-state index is 12.0. The number of benzene rings is 1. The Morgan fingerprint density at radius 2 is 1.83 bits per heavy atom. The second-order valence-corrected chi connectivity index (χ2v) is 6.39. The predicted octanol–water partition coefficient (Wildman–Crippen LogP) is 3.27. The van der Waals surface area contributed by atoms with Gasteiger partial charge < -0.3 is 15.5 Å². The molecule has 5 nitrogen and oxygen atoms in total. The summed E-state index contributed by atoms with van der Waals surface area (Å²) in [5.41, 5.74) is 2.24. The highest BCUT2D eigenvalue weighted by Gasteiger charge is 2.06. The first-order valence-electron chi connectivity index (χ1n) is 7.46. The molecule has 0 fully saturated rings. The second-order valence-electron chi connectivity index (χ2n) is 5.48. The van der Waals surface area contributed by atoms with Gasteiger partial charge in [-0.3, -0.25) is 4.79 Å². The van der Waals surface area contributed by atoms with Crippen molar-refractivity contribution in [3.8, 4) is 0 Å². The Hall–Kier alpha value is -1.92. The van der Waals surface area contributed by atoms with Crippen molar-refractivity contribution in [1.29, 1.82) is 0 Å². The third-order valence-corrected chi connectivity index (χ3v) is 3.73. The number of hydrogen-bond acceptors (Lipinski definition) is 4. The van der Waals surface area contributed by atoms with Gasteiger partial charge in [-0.1, -0.05) is 15.9 Å². The number of nitrogens with zero attached hydrogens (tertiary/aromatic N) is 2. The Bertz CT molecular complexity index is 626. The molecular formula is C17H21BrN4O. The third-order valence-electron chi connectivity index (χ3n) is 3.20. The standard InChI is InChI=1S/C17H21BrN4O/c1-22(2)11-3-10-19-17(23)16-9-8-15(12-20-16)21-14-6-4-13(18)5-7-14/h4-9,12,21H,3,10-11H2,1-2H3,(H,19,23). The third kappa shape index (κ3) is 6.00. The number of carbonyl (C=O) groups excluding carboxylic acids is 1. The highest BCUT2D eigenvalue weighted by molar-refractivity contribution is 9.10. The fourth-order valence-electron chi connectivity index (χ4n) is 1.99. The minimum atomic E-state index is -0.140. The van der Waals surface area contributed by atoms with Gasteiger partial charge in [0.25, 0.3) is 5.91 Å². The van der Waals surface area contributed by atoms with E-state index in [1.54, 1.807) is 12.3 Å². The van der Waals surface area contributed by atoms with E-state index in [4.69, 9.17) is 0 Å². The number of halogens is 1. The molecule has 0 saturated carbocycles. The number of aromatic nitrogens is 1. The summed E-state index contributed by atoms with van der Waals surface area (Å²) in [5, 5.41) is 6.12. The summed E-state index contributed by atoms with van der Waals surface area (Å²) in [7, 11) is 4.03. The largest absolute Gasteiger partial charge is 0.354 e. The number of rotatable bonds is 7.